The van der Waals surface area contributed by atoms with Gasteiger partial charge in [-0.3, -0.25) is 4.99 Å². The Morgan fingerprint density at radius 1 is 1.25 bits per heavy atom. The zero-order chi connectivity index (χ0) is 19.8. The summed E-state index contributed by atoms with van der Waals surface area (Å²) in [4.78, 5) is 15.1. The van der Waals surface area contributed by atoms with Crippen molar-refractivity contribution >= 4 is 23.1 Å². The van der Waals surface area contributed by atoms with Crippen LogP contribution >= 0.6 is 11.3 Å². The van der Waals surface area contributed by atoms with Crippen molar-refractivity contribution in [1.82, 2.24) is 20.5 Å². The van der Waals surface area contributed by atoms with Crippen LogP contribution in [0.15, 0.2) is 40.8 Å². The summed E-state index contributed by atoms with van der Waals surface area (Å²) in [5.41, 5.74) is 1.22. The van der Waals surface area contributed by atoms with Crippen LogP contribution in [0.4, 0.5) is 5.82 Å². The summed E-state index contributed by atoms with van der Waals surface area (Å²) in [6, 6.07) is 8.58. The van der Waals surface area contributed by atoms with E-state index in [-0.39, 0.29) is 0 Å². The molecule has 0 aromatic carbocycles. The Bertz CT molecular complexity index is 737. The van der Waals surface area contributed by atoms with E-state index in [4.69, 9.17) is 0 Å². The highest BCUT2D eigenvalue weighted by molar-refractivity contribution is 7.09. The third-order valence-electron chi connectivity index (χ3n) is 5.07. The van der Waals surface area contributed by atoms with Crippen LogP contribution < -0.4 is 15.5 Å². The van der Waals surface area contributed by atoms with Gasteiger partial charge in [-0.1, -0.05) is 13.0 Å². The van der Waals surface area contributed by atoms with Crippen molar-refractivity contribution < 1.29 is 0 Å². The second-order valence-corrected chi connectivity index (χ2v) is 8.54. The number of hydrogen-bond donors (Lipinski definition) is 2. The molecule has 1 aliphatic heterocycles. The molecule has 1 aliphatic rings. The standard InChI is InChI=1S/C21H32N6S/c1-17(13-19-5-4-12-28-19)15-24-21(22-2)25-16-18-6-7-23-20(14-18)27-10-8-26(3)9-11-27/h4-7,12,14,17H,8-11,13,15-16H2,1-3H3,(H2,22,24,25). The van der Waals surface area contributed by atoms with E-state index in [9.17, 15) is 0 Å². The van der Waals surface area contributed by atoms with Crippen LogP contribution in [-0.4, -0.2) is 62.7 Å². The summed E-state index contributed by atoms with van der Waals surface area (Å²) in [6.07, 6.45) is 3.00. The molecule has 152 valence electrons. The summed E-state index contributed by atoms with van der Waals surface area (Å²) in [5.74, 6) is 2.47. The first-order valence-electron chi connectivity index (χ1n) is 9.99. The molecule has 0 bridgehead atoms. The number of likely N-dealkylation sites (N-methyl/N-ethyl adjacent to an activating group) is 1. The number of anilines is 1. The smallest absolute Gasteiger partial charge is 0.191 e. The van der Waals surface area contributed by atoms with Crippen molar-refractivity contribution in [2.45, 2.75) is 19.9 Å². The zero-order valence-electron chi connectivity index (χ0n) is 17.2. The van der Waals surface area contributed by atoms with Crippen molar-refractivity contribution in [1.29, 1.82) is 0 Å². The summed E-state index contributed by atoms with van der Waals surface area (Å²) in [5, 5.41) is 9.01. The monoisotopic (exact) mass is 400 g/mol. The van der Waals surface area contributed by atoms with Gasteiger partial charge in [-0.2, -0.15) is 0 Å². The molecule has 6 nitrogen and oxygen atoms in total. The lowest BCUT2D eigenvalue weighted by atomic mass is 10.1. The fourth-order valence-corrected chi connectivity index (χ4v) is 4.17. The minimum absolute atomic E-state index is 0.557. The van der Waals surface area contributed by atoms with Gasteiger partial charge in [0, 0.05) is 57.4 Å². The number of aliphatic imine (C=N–C) groups is 1. The molecule has 3 heterocycles. The van der Waals surface area contributed by atoms with Crippen LogP contribution in [0.5, 0.6) is 0 Å². The fraction of sp³-hybridized carbons (Fsp3) is 0.524. The van der Waals surface area contributed by atoms with Gasteiger partial charge in [-0.15, -0.1) is 11.3 Å². The number of pyridine rings is 1. The first kappa shape index (κ1) is 20.6. The van der Waals surface area contributed by atoms with Crippen LogP contribution in [0.1, 0.15) is 17.4 Å². The Labute approximate surface area is 172 Å². The Balaban J connectivity index is 1.46. The Hall–Kier alpha value is -2.12. The third-order valence-corrected chi connectivity index (χ3v) is 5.97. The van der Waals surface area contributed by atoms with E-state index in [1.165, 1.54) is 10.4 Å². The molecule has 0 amide bonds. The van der Waals surface area contributed by atoms with Crippen molar-refractivity contribution in [3.63, 3.8) is 0 Å². The SMILES string of the molecule is CN=C(NCc1ccnc(N2CCN(C)CC2)c1)NCC(C)Cc1cccs1. The largest absolute Gasteiger partial charge is 0.356 e. The number of nitrogens with zero attached hydrogens (tertiary/aromatic N) is 4. The van der Waals surface area contributed by atoms with E-state index >= 15 is 0 Å². The summed E-state index contributed by atoms with van der Waals surface area (Å²) >= 11 is 1.83. The zero-order valence-corrected chi connectivity index (χ0v) is 18.0. The molecule has 0 radical (unpaired) electrons. The second-order valence-electron chi connectivity index (χ2n) is 7.51. The highest BCUT2D eigenvalue weighted by atomic mass is 32.1. The van der Waals surface area contributed by atoms with Gasteiger partial charge in [-0.05, 0) is 48.5 Å². The number of aromatic nitrogens is 1. The first-order chi connectivity index (χ1) is 13.6. The predicted molar refractivity (Wildman–Crippen MR) is 119 cm³/mol. The van der Waals surface area contributed by atoms with E-state index in [0.29, 0.717) is 5.92 Å². The van der Waals surface area contributed by atoms with E-state index in [0.717, 1.165) is 57.5 Å². The van der Waals surface area contributed by atoms with Gasteiger partial charge < -0.3 is 20.4 Å². The van der Waals surface area contributed by atoms with Crippen molar-refractivity contribution in [3.05, 3.63) is 46.3 Å². The normalized spacial score (nSPS) is 16.8. The highest BCUT2D eigenvalue weighted by Crippen LogP contribution is 2.15. The fourth-order valence-electron chi connectivity index (χ4n) is 3.30. The number of rotatable bonds is 7. The van der Waals surface area contributed by atoms with E-state index < -0.39 is 0 Å². The van der Waals surface area contributed by atoms with E-state index in [1.807, 2.05) is 24.6 Å². The maximum absolute atomic E-state index is 4.57. The van der Waals surface area contributed by atoms with Crippen LogP contribution in [0.3, 0.4) is 0 Å². The molecule has 2 N–H and O–H groups in total. The third kappa shape index (κ3) is 6.21. The van der Waals surface area contributed by atoms with Gasteiger partial charge >= 0.3 is 0 Å². The molecule has 1 unspecified atom stereocenters. The molecule has 3 rings (SSSR count). The summed E-state index contributed by atoms with van der Waals surface area (Å²) in [6.45, 7) is 8.15. The van der Waals surface area contributed by atoms with Crippen molar-refractivity contribution in [3.8, 4) is 0 Å². The highest BCUT2D eigenvalue weighted by Gasteiger charge is 2.15. The quantitative estimate of drug-likeness (QED) is 0.552. The Kier molecular flexibility index (Phi) is 7.68. The minimum atomic E-state index is 0.557. The van der Waals surface area contributed by atoms with Crippen LogP contribution in [0.25, 0.3) is 0 Å². The molecule has 2 aromatic heterocycles. The Morgan fingerprint density at radius 3 is 2.79 bits per heavy atom. The van der Waals surface area contributed by atoms with Crippen molar-refractivity contribution in [2.24, 2.45) is 10.9 Å². The first-order valence-corrected chi connectivity index (χ1v) is 10.9. The minimum Gasteiger partial charge on any atom is -0.356 e. The molecular weight excluding hydrogens is 368 g/mol. The van der Waals surface area contributed by atoms with Crippen LogP contribution in [0.2, 0.25) is 0 Å². The van der Waals surface area contributed by atoms with Gasteiger partial charge in [0.25, 0.3) is 0 Å². The van der Waals surface area contributed by atoms with E-state index in [2.05, 4.69) is 74.0 Å². The lowest BCUT2D eigenvalue weighted by Crippen LogP contribution is -2.44. The number of hydrogen-bond acceptors (Lipinski definition) is 5. The molecule has 0 spiro atoms. The molecule has 1 saturated heterocycles. The van der Waals surface area contributed by atoms with Crippen LogP contribution in [0, 0.1) is 5.92 Å². The molecule has 2 aromatic rings. The van der Waals surface area contributed by atoms with E-state index in [1.54, 1.807) is 0 Å². The lowest BCUT2D eigenvalue weighted by Gasteiger charge is -2.33. The summed E-state index contributed by atoms with van der Waals surface area (Å²) < 4.78 is 0. The molecule has 0 saturated carbocycles. The van der Waals surface area contributed by atoms with Gasteiger partial charge in [-0.25, -0.2) is 4.98 Å². The van der Waals surface area contributed by atoms with Crippen molar-refractivity contribution in [2.75, 3.05) is 51.7 Å². The topological polar surface area (TPSA) is 55.8 Å². The Morgan fingerprint density at radius 2 is 2.07 bits per heavy atom. The van der Waals surface area contributed by atoms with Gasteiger partial charge in [0.05, 0.1) is 0 Å². The molecule has 1 atom stereocenters. The van der Waals surface area contributed by atoms with Gasteiger partial charge in [0.15, 0.2) is 5.96 Å². The van der Waals surface area contributed by atoms with Gasteiger partial charge in [0.2, 0.25) is 0 Å². The number of piperazine rings is 1. The molecule has 28 heavy (non-hydrogen) atoms. The number of thiophene rings is 1. The predicted octanol–water partition coefficient (Wildman–Crippen LogP) is 2.44. The lowest BCUT2D eigenvalue weighted by molar-refractivity contribution is 0.312. The molecule has 0 aliphatic carbocycles. The number of nitrogens with one attached hydrogen (secondary N) is 2. The summed E-state index contributed by atoms with van der Waals surface area (Å²) in [7, 11) is 3.99. The number of guanidine groups is 1. The molecule has 1 fully saturated rings. The maximum Gasteiger partial charge on any atom is 0.191 e. The maximum atomic E-state index is 4.57. The van der Waals surface area contributed by atoms with Crippen LogP contribution in [-0.2, 0) is 13.0 Å². The average molecular weight is 401 g/mol. The second kappa shape index (κ2) is 10.4. The average Bonchev–Trinajstić information content (AvgIpc) is 3.22. The molecule has 7 heteroatoms. The van der Waals surface area contributed by atoms with Gasteiger partial charge in [0.1, 0.15) is 5.82 Å². The molecular formula is C21H32N6S.